The molecule has 0 saturated carbocycles. The number of carbonyl (C=O) groups excluding carboxylic acids is 1. The molecule has 3 heterocycles. The smallest absolute Gasteiger partial charge is 0.229 e. The van der Waals surface area contributed by atoms with Crippen LogP contribution in [0.3, 0.4) is 0 Å². The fraction of sp³-hybridized carbons (Fsp3) is 0.625. The third kappa shape index (κ3) is 4.61. The summed E-state index contributed by atoms with van der Waals surface area (Å²) in [6, 6.07) is 8.13. The topological polar surface area (TPSA) is 71.7 Å². The minimum Gasteiger partial charge on any atom is -0.496 e. The maximum absolute atomic E-state index is 12.8. The van der Waals surface area contributed by atoms with Crippen LogP contribution >= 0.6 is 0 Å². The van der Waals surface area contributed by atoms with Crippen molar-refractivity contribution in [1.82, 2.24) is 19.9 Å². The van der Waals surface area contributed by atoms with Crippen LogP contribution in [0.2, 0.25) is 0 Å². The molecule has 7 nitrogen and oxygen atoms in total. The minimum atomic E-state index is 0.198. The summed E-state index contributed by atoms with van der Waals surface area (Å²) in [6.45, 7) is 6.81. The molecule has 2 aromatic rings. The van der Waals surface area contributed by atoms with Crippen LogP contribution in [0.1, 0.15) is 68.8 Å². The fourth-order valence-electron chi connectivity index (χ4n) is 5.08. The monoisotopic (exact) mass is 426 g/mol. The van der Waals surface area contributed by atoms with Crippen molar-refractivity contribution in [2.75, 3.05) is 33.8 Å². The van der Waals surface area contributed by atoms with Gasteiger partial charge in [-0.25, -0.2) is 0 Å². The summed E-state index contributed by atoms with van der Waals surface area (Å²) in [4.78, 5) is 21.9. The Morgan fingerprint density at radius 1 is 1.29 bits per heavy atom. The number of amides is 1. The largest absolute Gasteiger partial charge is 0.496 e. The number of carbonyl (C=O) groups is 1. The fourth-order valence-corrected chi connectivity index (χ4v) is 5.08. The first-order chi connectivity index (χ1) is 14.9. The van der Waals surface area contributed by atoms with Gasteiger partial charge in [0.05, 0.1) is 13.2 Å². The second-order valence-electron chi connectivity index (χ2n) is 9.47. The van der Waals surface area contributed by atoms with E-state index in [2.05, 4.69) is 35.9 Å². The second-order valence-corrected chi connectivity index (χ2v) is 9.47. The summed E-state index contributed by atoms with van der Waals surface area (Å²) < 4.78 is 10.9. The average Bonchev–Trinajstić information content (AvgIpc) is 3.38. The van der Waals surface area contributed by atoms with Crippen LogP contribution in [-0.2, 0) is 11.2 Å². The number of methoxy groups -OCH3 is 1. The van der Waals surface area contributed by atoms with Gasteiger partial charge in [0, 0.05) is 32.0 Å². The zero-order valence-electron chi connectivity index (χ0n) is 19.1. The van der Waals surface area contributed by atoms with Crippen molar-refractivity contribution in [3.8, 4) is 5.75 Å². The Kier molecular flexibility index (Phi) is 6.32. The van der Waals surface area contributed by atoms with Crippen LogP contribution in [0.15, 0.2) is 28.8 Å². The zero-order chi connectivity index (χ0) is 22.0. The van der Waals surface area contributed by atoms with Crippen LogP contribution in [0, 0.1) is 5.41 Å². The molecule has 4 rings (SSSR count). The molecule has 2 aliphatic rings. The molecule has 7 heteroatoms. The summed E-state index contributed by atoms with van der Waals surface area (Å²) in [6.07, 6.45) is 4.33. The van der Waals surface area contributed by atoms with Crippen LogP contribution < -0.4 is 4.74 Å². The third-order valence-electron chi connectivity index (χ3n) is 6.97. The number of rotatable bonds is 6. The third-order valence-corrected chi connectivity index (χ3v) is 6.97. The van der Waals surface area contributed by atoms with E-state index >= 15 is 0 Å². The summed E-state index contributed by atoms with van der Waals surface area (Å²) >= 11 is 0. The van der Waals surface area contributed by atoms with Crippen LogP contribution in [0.25, 0.3) is 0 Å². The molecule has 2 saturated heterocycles. The predicted octanol–water partition coefficient (Wildman–Crippen LogP) is 3.82. The number of piperidine rings is 1. The molecule has 31 heavy (non-hydrogen) atoms. The Bertz CT molecular complexity index is 902. The van der Waals surface area contributed by atoms with E-state index in [0.717, 1.165) is 56.0 Å². The van der Waals surface area contributed by atoms with Crippen molar-refractivity contribution < 1.29 is 14.1 Å². The van der Waals surface area contributed by atoms with Gasteiger partial charge in [0.25, 0.3) is 0 Å². The molecule has 1 spiro atoms. The number of aromatic nitrogens is 2. The maximum atomic E-state index is 12.8. The first-order valence-corrected chi connectivity index (χ1v) is 11.3. The number of hydrogen-bond donors (Lipinski definition) is 0. The summed E-state index contributed by atoms with van der Waals surface area (Å²) in [7, 11) is 3.82. The molecular formula is C24H34N4O3. The maximum Gasteiger partial charge on any atom is 0.229 e. The molecule has 1 aromatic carbocycles. The normalized spacial score (nSPS) is 21.2. The zero-order valence-corrected chi connectivity index (χ0v) is 19.1. The molecule has 1 amide bonds. The average molecular weight is 427 g/mol. The van der Waals surface area contributed by atoms with Gasteiger partial charge in [-0.05, 0) is 49.8 Å². The number of para-hydroxylation sites is 1. The van der Waals surface area contributed by atoms with E-state index in [1.807, 2.05) is 29.2 Å². The van der Waals surface area contributed by atoms with Gasteiger partial charge in [0.15, 0.2) is 5.82 Å². The SMILES string of the molecule is COc1ccccc1CCC(=O)N1CCC2(CC1)CC(c1noc(C(C)C)n1)N(C)C2. The van der Waals surface area contributed by atoms with Crippen molar-refractivity contribution in [2.45, 2.75) is 57.9 Å². The lowest BCUT2D eigenvalue weighted by molar-refractivity contribution is -0.133. The van der Waals surface area contributed by atoms with Crippen LogP contribution in [-0.4, -0.2) is 59.6 Å². The van der Waals surface area contributed by atoms with Crippen molar-refractivity contribution in [3.05, 3.63) is 41.5 Å². The number of ether oxygens (including phenoxy) is 1. The molecule has 1 unspecified atom stereocenters. The van der Waals surface area contributed by atoms with Crippen molar-refractivity contribution >= 4 is 5.91 Å². The summed E-state index contributed by atoms with van der Waals surface area (Å²) in [5.41, 5.74) is 1.32. The van der Waals surface area contributed by atoms with Gasteiger partial charge in [0.2, 0.25) is 11.8 Å². The Balaban J connectivity index is 1.32. The Morgan fingerprint density at radius 3 is 2.71 bits per heavy atom. The number of likely N-dealkylation sites (tertiary alicyclic amines) is 2. The highest BCUT2D eigenvalue weighted by Gasteiger charge is 2.46. The number of nitrogens with zero attached hydrogens (tertiary/aromatic N) is 4. The van der Waals surface area contributed by atoms with Gasteiger partial charge in [0.1, 0.15) is 5.75 Å². The number of hydrogen-bond acceptors (Lipinski definition) is 6. The highest BCUT2D eigenvalue weighted by Crippen LogP contribution is 2.47. The molecule has 1 atom stereocenters. The molecule has 0 radical (unpaired) electrons. The van der Waals surface area contributed by atoms with Gasteiger partial charge in [-0.2, -0.15) is 4.98 Å². The molecule has 168 valence electrons. The lowest BCUT2D eigenvalue weighted by Crippen LogP contribution is -2.44. The highest BCUT2D eigenvalue weighted by molar-refractivity contribution is 5.76. The molecule has 2 fully saturated rings. The predicted molar refractivity (Wildman–Crippen MR) is 118 cm³/mol. The van der Waals surface area contributed by atoms with E-state index in [9.17, 15) is 4.79 Å². The van der Waals surface area contributed by atoms with Crippen molar-refractivity contribution in [1.29, 1.82) is 0 Å². The van der Waals surface area contributed by atoms with Crippen molar-refractivity contribution in [3.63, 3.8) is 0 Å². The van der Waals surface area contributed by atoms with Crippen LogP contribution in [0.4, 0.5) is 0 Å². The van der Waals surface area contributed by atoms with Crippen molar-refractivity contribution in [2.24, 2.45) is 5.41 Å². The quantitative estimate of drug-likeness (QED) is 0.699. The Hall–Kier alpha value is -2.41. The van der Waals surface area contributed by atoms with Gasteiger partial charge >= 0.3 is 0 Å². The molecule has 2 aliphatic heterocycles. The van der Waals surface area contributed by atoms with E-state index in [1.54, 1.807) is 7.11 Å². The first-order valence-electron chi connectivity index (χ1n) is 11.3. The number of aryl methyl sites for hydroxylation is 1. The van der Waals surface area contributed by atoms with Gasteiger partial charge in [-0.3, -0.25) is 9.69 Å². The first kappa shape index (κ1) is 21.8. The lowest BCUT2D eigenvalue weighted by Gasteiger charge is -2.39. The van der Waals surface area contributed by atoms with Gasteiger partial charge in [-0.1, -0.05) is 37.2 Å². The van der Waals surface area contributed by atoms with E-state index in [-0.39, 0.29) is 23.3 Å². The molecule has 0 N–H and O–H groups in total. The van der Waals surface area contributed by atoms with E-state index in [0.29, 0.717) is 18.7 Å². The van der Waals surface area contributed by atoms with Crippen LogP contribution in [0.5, 0.6) is 5.75 Å². The van der Waals surface area contributed by atoms with E-state index in [1.165, 1.54) is 0 Å². The minimum absolute atomic E-state index is 0.198. The Labute approximate surface area is 184 Å². The summed E-state index contributed by atoms with van der Waals surface area (Å²) in [5, 5.41) is 4.26. The lowest BCUT2D eigenvalue weighted by atomic mass is 9.76. The molecular weight excluding hydrogens is 392 g/mol. The number of benzene rings is 1. The molecule has 0 bridgehead atoms. The van der Waals surface area contributed by atoms with Gasteiger partial charge in [-0.15, -0.1) is 0 Å². The molecule has 0 aliphatic carbocycles. The Morgan fingerprint density at radius 2 is 2.03 bits per heavy atom. The van der Waals surface area contributed by atoms with E-state index < -0.39 is 0 Å². The second kappa shape index (κ2) is 8.99. The highest BCUT2D eigenvalue weighted by atomic mass is 16.5. The van der Waals surface area contributed by atoms with E-state index in [4.69, 9.17) is 9.26 Å². The summed E-state index contributed by atoms with van der Waals surface area (Å²) in [5.74, 6) is 2.85. The standard InChI is InChI=1S/C24H34N4O3/c1-17(2)23-25-22(26-31-23)19-15-24(16-27(19)3)11-13-28(14-12-24)21(29)10-9-18-7-5-6-8-20(18)30-4/h5-8,17,19H,9-16H2,1-4H3. The molecule has 1 aromatic heterocycles. The van der Waals surface area contributed by atoms with Gasteiger partial charge < -0.3 is 14.2 Å².